The number of aromatic amines is 1. The van der Waals surface area contributed by atoms with Crippen LogP contribution in [0.1, 0.15) is 30.9 Å². The third-order valence-electron chi connectivity index (χ3n) is 2.78. The van der Waals surface area contributed by atoms with Crippen LogP contribution in [0.2, 0.25) is 0 Å². The molecular weight excluding hydrogens is 186 g/mol. The molecule has 0 spiro atoms. The summed E-state index contributed by atoms with van der Waals surface area (Å²) < 4.78 is 0. The Morgan fingerprint density at radius 2 is 2.00 bits per heavy atom. The van der Waals surface area contributed by atoms with E-state index in [2.05, 4.69) is 31.8 Å². The number of aryl methyl sites for hydroxylation is 1. The predicted octanol–water partition coefficient (Wildman–Crippen LogP) is 2.96. The van der Waals surface area contributed by atoms with Crippen molar-refractivity contribution >= 4 is 10.8 Å². The van der Waals surface area contributed by atoms with E-state index in [0.29, 0.717) is 5.92 Å². The van der Waals surface area contributed by atoms with Crippen LogP contribution in [0.3, 0.4) is 0 Å². The van der Waals surface area contributed by atoms with Gasteiger partial charge in [-0.1, -0.05) is 19.9 Å². The minimum atomic E-state index is -0.00519. The maximum Gasteiger partial charge on any atom is 0.255 e. The summed E-state index contributed by atoms with van der Waals surface area (Å²) in [4.78, 5) is 14.3. The summed E-state index contributed by atoms with van der Waals surface area (Å²) in [5.74, 6) is 0.453. The van der Waals surface area contributed by atoms with Crippen LogP contribution in [0.5, 0.6) is 0 Å². The van der Waals surface area contributed by atoms with Gasteiger partial charge < -0.3 is 4.98 Å². The summed E-state index contributed by atoms with van der Waals surface area (Å²) in [6.45, 7) is 6.38. The molecule has 2 aromatic rings. The third kappa shape index (κ3) is 1.67. The Kier molecular flexibility index (Phi) is 2.35. The van der Waals surface area contributed by atoms with Gasteiger partial charge in [-0.15, -0.1) is 0 Å². The third-order valence-corrected chi connectivity index (χ3v) is 2.78. The molecule has 0 aliphatic heterocycles. The highest BCUT2D eigenvalue weighted by molar-refractivity contribution is 5.83. The Morgan fingerprint density at radius 1 is 1.27 bits per heavy atom. The lowest BCUT2D eigenvalue weighted by Gasteiger charge is -2.10. The lowest BCUT2D eigenvalue weighted by Crippen LogP contribution is -2.06. The fraction of sp³-hybridized carbons (Fsp3) is 0.308. The van der Waals surface area contributed by atoms with Crippen molar-refractivity contribution in [2.45, 2.75) is 26.7 Å². The molecule has 0 radical (unpaired) electrons. The lowest BCUT2D eigenvalue weighted by atomic mass is 9.95. The molecule has 1 heterocycles. The Labute approximate surface area is 89.0 Å². The number of benzene rings is 1. The quantitative estimate of drug-likeness (QED) is 0.756. The van der Waals surface area contributed by atoms with E-state index >= 15 is 0 Å². The van der Waals surface area contributed by atoms with Gasteiger partial charge in [-0.25, -0.2) is 0 Å². The van der Waals surface area contributed by atoms with E-state index in [1.807, 2.05) is 12.1 Å². The SMILES string of the molecule is Cc1cc2cc[nH]c(=O)c2cc1C(C)C. The number of fused-ring (bicyclic) bond motifs is 1. The molecule has 0 saturated carbocycles. The van der Waals surface area contributed by atoms with E-state index < -0.39 is 0 Å². The first-order valence-electron chi connectivity index (χ1n) is 5.21. The van der Waals surface area contributed by atoms with Crippen molar-refractivity contribution in [1.82, 2.24) is 4.98 Å². The van der Waals surface area contributed by atoms with Crippen molar-refractivity contribution in [2.24, 2.45) is 0 Å². The monoisotopic (exact) mass is 201 g/mol. The number of rotatable bonds is 1. The number of pyridine rings is 1. The Bertz CT molecular complexity index is 552. The Morgan fingerprint density at radius 3 is 2.67 bits per heavy atom. The molecule has 1 aromatic heterocycles. The van der Waals surface area contributed by atoms with Gasteiger partial charge in [-0.2, -0.15) is 0 Å². The normalized spacial score (nSPS) is 11.2. The first kappa shape index (κ1) is 9.97. The number of aromatic nitrogens is 1. The average Bonchev–Trinajstić information content (AvgIpc) is 2.16. The first-order chi connectivity index (χ1) is 7.09. The number of H-pyrrole nitrogens is 1. The van der Waals surface area contributed by atoms with Gasteiger partial charge in [0.2, 0.25) is 0 Å². The average molecular weight is 201 g/mol. The van der Waals surface area contributed by atoms with Crippen molar-refractivity contribution in [3.8, 4) is 0 Å². The molecule has 1 N–H and O–H groups in total. The fourth-order valence-corrected chi connectivity index (χ4v) is 1.99. The van der Waals surface area contributed by atoms with Crippen LogP contribution in [0.25, 0.3) is 10.8 Å². The standard InChI is InChI=1S/C13H15NO/c1-8(2)11-7-12-10(6-9(11)3)4-5-14-13(12)15/h4-8H,1-3H3,(H,14,15). The maximum atomic E-state index is 11.6. The van der Waals surface area contributed by atoms with E-state index in [1.165, 1.54) is 11.1 Å². The van der Waals surface area contributed by atoms with Crippen molar-refractivity contribution in [2.75, 3.05) is 0 Å². The lowest BCUT2D eigenvalue weighted by molar-refractivity contribution is 0.858. The molecule has 1 aromatic carbocycles. The second kappa shape index (κ2) is 3.54. The molecule has 0 saturated heterocycles. The second-order valence-corrected chi connectivity index (χ2v) is 4.26. The van der Waals surface area contributed by atoms with Crippen LogP contribution < -0.4 is 5.56 Å². The van der Waals surface area contributed by atoms with Gasteiger partial charge in [0.25, 0.3) is 5.56 Å². The van der Waals surface area contributed by atoms with Crippen LogP contribution in [0.4, 0.5) is 0 Å². The highest BCUT2D eigenvalue weighted by atomic mass is 16.1. The summed E-state index contributed by atoms with van der Waals surface area (Å²) in [6, 6.07) is 6.03. The van der Waals surface area contributed by atoms with Gasteiger partial charge in [-0.3, -0.25) is 4.79 Å². The smallest absolute Gasteiger partial charge is 0.255 e. The van der Waals surface area contributed by atoms with Crippen molar-refractivity contribution in [1.29, 1.82) is 0 Å². The molecule has 0 fully saturated rings. The Balaban J connectivity index is 2.84. The molecule has 0 amide bonds. The molecule has 0 aliphatic rings. The van der Waals surface area contributed by atoms with E-state index in [-0.39, 0.29) is 5.56 Å². The van der Waals surface area contributed by atoms with Gasteiger partial charge in [0, 0.05) is 11.6 Å². The van der Waals surface area contributed by atoms with Crippen molar-refractivity contribution in [3.05, 3.63) is 45.9 Å². The fourth-order valence-electron chi connectivity index (χ4n) is 1.99. The van der Waals surface area contributed by atoms with Gasteiger partial charge in [0.05, 0.1) is 0 Å². The molecule has 0 bridgehead atoms. The summed E-state index contributed by atoms with van der Waals surface area (Å²) >= 11 is 0. The minimum absolute atomic E-state index is 0.00519. The van der Waals surface area contributed by atoms with Gasteiger partial charge in [0.1, 0.15) is 0 Å². The summed E-state index contributed by atoms with van der Waals surface area (Å²) in [7, 11) is 0. The van der Waals surface area contributed by atoms with E-state index in [9.17, 15) is 4.79 Å². The highest BCUT2D eigenvalue weighted by Gasteiger charge is 2.06. The van der Waals surface area contributed by atoms with Crippen LogP contribution >= 0.6 is 0 Å². The van der Waals surface area contributed by atoms with Gasteiger partial charge >= 0.3 is 0 Å². The molecule has 78 valence electrons. The highest BCUT2D eigenvalue weighted by Crippen LogP contribution is 2.23. The van der Waals surface area contributed by atoms with E-state index in [0.717, 1.165) is 10.8 Å². The van der Waals surface area contributed by atoms with Gasteiger partial charge in [0.15, 0.2) is 0 Å². The molecule has 0 aliphatic carbocycles. The summed E-state index contributed by atoms with van der Waals surface area (Å²) in [5.41, 5.74) is 2.50. The molecule has 15 heavy (non-hydrogen) atoms. The van der Waals surface area contributed by atoms with Crippen LogP contribution in [-0.4, -0.2) is 4.98 Å². The molecule has 2 nitrogen and oxygen atoms in total. The summed E-state index contributed by atoms with van der Waals surface area (Å²) in [6.07, 6.45) is 1.69. The molecular formula is C13H15NO. The number of hydrogen-bond donors (Lipinski definition) is 1. The zero-order valence-electron chi connectivity index (χ0n) is 9.29. The molecule has 0 unspecified atom stereocenters. The maximum absolute atomic E-state index is 11.6. The van der Waals surface area contributed by atoms with Gasteiger partial charge in [-0.05, 0) is 41.5 Å². The summed E-state index contributed by atoms with van der Waals surface area (Å²) in [5, 5.41) is 1.80. The first-order valence-corrected chi connectivity index (χ1v) is 5.21. The minimum Gasteiger partial charge on any atom is -0.329 e. The molecule has 2 rings (SSSR count). The zero-order valence-corrected chi connectivity index (χ0v) is 9.29. The van der Waals surface area contributed by atoms with Crippen LogP contribution in [0, 0.1) is 6.92 Å². The van der Waals surface area contributed by atoms with Crippen molar-refractivity contribution in [3.63, 3.8) is 0 Å². The topological polar surface area (TPSA) is 32.9 Å². The van der Waals surface area contributed by atoms with Crippen LogP contribution in [-0.2, 0) is 0 Å². The van der Waals surface area contributed by atoms with E-state index in [1.54, 1.807) is 6.20 Å². The molecule has 2 heteroatoms. The Hall–Kier alpha value is -1.57. The van der Waals surface area contributed by atoms with Crippen LogP contribution in [0.15, 0.2) is 29.2 Å². The van der Waals surface area contributed by atoms with E-state index in [4.69, 9.17) is 0 Å². The molecule has 0 atom stereocenters. The second-order valence-electron chi connectivity index (χ2n) is 4.26. The predicted molar refractivity (Wildman–Crippen MR) is 63.4 cm³/mol. The number of nitrogens with one attached hydrogen (secondary N) is 1. The zero-order chi connectivity index (χ0) is 11.0. The largest absolute Gasteiger partial charge is 0.329 e. The number of hydrogen-bond acceptors (Lipinski definition) is 1. The van der Waals surface area contributed by atoms with Crippen molar-refractivity contribution < 1.29 is 0 Å².